The van der Waals surface area contributed by atoms with E-state index in [1.807, 2.05) is 0 Å². The van der Waals surface area contributed by atoms with Gasteiger partial charge in [-0.25, -0.2) is 8.78 Å². The van der Waals surface area contributed by atoms with Crippen LogP contribution in [-0.4, -0.2) is 0 Å². The molecule has 2 aromatic rings. The summed E-state index contributed by atoms with van der Waals surface area (Å²) in [6.07, 6.45) is 0. The van der Waals surface area contributed by atoms with Crippen LogP contribution in [0, 0.1) is 11.6 Å². The van der Waals surface area contributed by atoms with Crippen LogP contribution in [0.3, 0.4) is 0 Å². The minimum absolute atomic E-state index is 0.191. The topological polar surface area (TPSA) is 0 Å². The molecule has 0 nitrogen and oxygen atoms in total. The van der Waals surface area contributed by atoms with Crippen LogP contribution in [0.1, 0.15) is 16.5 Å². The Morgan fingerprint density at radius 3 is 2.22 bits per heavy atom. The SMILES string of the molecule is Fc1ccc(C(Cl)c2ccc(Cl)c(Cl)c2)c(F)c1. The minimum atomic E-state index is -0.750. The molecular weight excluding hydrogens is 300 g/mol. The Kier molecular flexibility index (Phi) is 4.10. The Labute approximate surface area is 118 Å². The van der Waals surface area contributed by atoms with Crippen LogP contribution in [0.4, 0.5) is 8.78 Å². The van der Waals surface area contributed by atoms with Crippen molar-refractivity contribution < 1.29 is 8.78 Å². The lowest BCUT2D eigenvalue weighted by molar-refractivity contribution is 0.573. The lowest BCUT2D eigenvalue weighted by atomic mass is 10.0. The van der Waals surface area contributed by atoms with E-state index >= 15 is 0 Å². The molecule has 0 bridgehead atoms. The van der Waals surface area contributed by atoms with Gasteiger partial charge in [0.2, 0.25) is 0 Å². The van der Waals surface area contributed by atoms with Gasteiger partial charge in [-0.3, -0.25) is 0 Å². The van der Waals surface area contributed by atoms with Crippen molar-refractivity contribution in [2.75, 3.05) is 0 Å². The highest BCUT2D eigenvalue weighted by Gasteiger charge is 2.16. The predicted molar refractivity (Wildman–Crippen MR) is 70.5 cm³/mol. The average molecular weight is 308 g/mol. The highest BCUT2D eigenvalue weighted by Crippen LogP contribution is 2.34. The lowest BCUT2D eigenvalue weighted by Gasteiger charge is -2.12. The van der Waals surface area contributed by atoms with Gasteiger partial charge in [-0.05, 0) is 23.8 Å². The second-order valence-corrected chi connectivity index (χ2v) is 4.95. The molecule has 1 atom stereocenters. The van der Waals surface area contributed by atoms with Gasteiger partial charge in [0.05, 0.1) is 15.4 Å². The third-order valence-corrected chi connectivity index (χ3v) is 3.70. The summed E-state index contributed by atoms with van der Waals surface area (Å²) in [7, 11) is 0. The normalized spacial score (nSPS) is 12.5. The van der Waals surface area contributed by atoms with Crippen LogP contribution < -0.4 is 0 Å². The van der Waals surface area contributed by atoms with Crippen LogP contribution in [0.5, 0.6) is 0 Å². The lowest BCUT2D eigenvalue weighted by Crippen LogP contribution is -1.98. The minimum Gasteiger partial charge on any atom is -0.207 e. The zero-order valence-corrected chi connectivity index (χ0v) is 11.2. The summed E-state index contributed by atoms with van der Waals surface area (Å²) in [6.45, 7) is 0. The second-order valence-electron chi connectivity index (χ2n) is 3.70. The summed E-state index contributed by atoms with van der Waals surface area (Å²) < 4.78 is 26.4. The number of halogens is 5. The van der Waals surface area contributed by atoms with Crippen LogP contribution in [0.2, 0.25) is 10.0 Å². The molecule has 94 valence electrons. The summed E-state index contributed by atoms with van der Waals surface area (Å²) in [5, 5.41) is -0.0217. The first kappa shape index (κ1) is 13.6. The molecule has 0 aliphatic heterocycles. The summed E-state index contributed by atoms with van der Waals surface area (Å²) in [6, 6.07) is 8.05. The van der Waals surface area contributed by atoms with E-state index in [9.17, 15) is 8.78 Å². The van der Waals surface area contributed by atoms with Gasteiger partial charge in [0.1, 0.15) is 11.6 Å². The van der Waals surface area contributed by atoms with E-state index in [1.54, 1.807) is 18.2 Å². The smallest absolute Gasteiger partial charge is 0.131 e. The van der Waals surface area contributed by atoms with Gasteiger partial charge in [-0.1, -0.05) is 35.3 Å². The fourth-order valence-electron chi connectivity index (χ4n) is 1.56. The highest BCUT2D eigenvalue weighted by atomic mass is 35.5. The van der Waals surface area contributed by atoms with Gasteiger partial charge in [0, 0.05) is 11.6 Å². The fraction of sp³-hybridized carbons (Fsp3) is 0.0769. The largest absolute Gasteiger partial charge is 0.207 e. The molecule has 0 spiro atoms. The van der Waals surface area contributed by atoms with E-state index in [0.717, 1.165) is 12.1 Å². The van der Waals surface area contributed by atoms with Crippen LogP contribution in [0.25, 0.3) is 0 Å². The van der Waals surface area contributed by atoms with Crippen molar-refractivity contribution in [2.24, 2.45) is 0 Å². The summed E-state index contributed by atoms with van der Waals surface area (Å²) in [5.74, 6) is -1.34. The van der Waals surface area contributed by atoms with Crippen molar-refractivity contribution in [1.29, 1.82) is 0 Å². The van der Waals surface area contributed by atoms with E-state index in [1.165, 1.54) is 6.07 Å². The Balaban J connectivity index is 2.41. The monoisotopic (exact) mass is 306 g/mol. The maximum Gasteiger partial charge on any atom is 0.131 e. The predicted octanol–water partition coefficient (Wildman–Crippen LogP) is 5.60. The number of alkyl halides is 1. The number of hydrogen-bond donors (Lipinski definition) is 0. The molecule has 2 rings (SSSR count). The Morgan fingerprint density at radius 2 is 1.61 bits per heavy atom. The maximum atomic E-state index is 13.6. The Morgan fingerprint density at radius 1 is 0.889 bits per heavy atom. The molecule has 0 aliphatic carbocycles. The Hall–Kier alpha value is -0.830. The maximum absolute atomic E-state index is 13.6. The molecule has 0 radical (unpaired) electrons. The number of rotatable bonds is 2. The van der Waals surface area contributed by atoms with Gasteiger partial charge < -0.3 is 0 Å². The van der Waals surface area contributed by atoms with E-state index in [0.29, 0.717) is 15.6 Å². The van der Waals surface area contributed by atoms with Gasteiger partial charge in [-0.2, -0.15) is 0 Å². The summed E-state index contributed by atoms with van der Waals surface area (Å²) in [4.78, 5) is 0. The van der Waals surface area contributed by atoms with E-state index in [4.69, 9.17) is 34.8 Å². The molecule has 0 fully saturated rings. The molecule has 0 amide bonds. The van der Waals surface area contributed by atoms with Crippen molar-refractivity contribution in [3.05, 3.63) is 69.2 Å². The fourth-order valence-corrected chi connectivity index (χ4v) is 2.18. The number of benzene rings is 2. The van der Waals surface area contributed by atoms with Gasteiger partial charge >= 0.3 is 0 Å². The molecule has 0 aliphatic rings. The van der Waals surface area contributed by atoms with E-state index in [-0.39, 0.29) is 5.56 Å². The average Bonchev–Trinajstić information content (AvgIpc) is 2.32. The highest BCUT2D eigenvalue weighted by molar-refractivity contribution is 6.42. The third kappa shape index (κ3) is 2.77. The first-order valence-electron chi connectivity index (χ1n) is 5.03. The van der Waals surface area contributed by atoms with Crippen LogP contribution in [0.15, 0.2) is 36.4 Å². The van der Waals surface area contributed by atoms with Crippen molar-refractivity contribution in [1.82, 2.24) is 0 Å². The number of hydrogen-bond acceptors (Lipinski definition) is 0. The van der Waals surface area contributed by atoms with E-state index < -0.39 is 17.0 Å². The molecule has 18 heavy (non-hydrogen) atoms. The van der Waals surface area contributed by atoms with Gasteiger partial charge in [-0.15, -0.1) is 11.6 Å². The summed E-state index contributed by atoms with van der Waals surface area (Å²) >= 11 is 17.8. The third-order valence-electron chi connectivity index (χ3n) is 2.47. The molecule has 0 N–H and O–H groups in total. The van der Waals surface area contributed by atoms with Crippen LogP contribution >= 0.6 is 34.8 Å². The van der Waals surface area contributed by atoms with Crippen molar-refractivity contribution in [3.8, 4) is 0 Å². The molecule has 0 aromatic heterocycles. The Bertz CT molecular complexity index is 584. The summed E-state index contributed by atoms with van der Waals surface area (Å²) in [5.41, 5.74) is 0.785. The van der Waals surface area contributed by atoms with Crippen molar-refractivity contribution in [3.63, 3.8) is 0 Å². The zero-order valence-electron chi connectivity index (χ0n) is 8.93. The first-order chi connectivity index (χ1) is 8.49. The first-order valence-corrected chi connectivity index (χ1v) is 6.22. The van der Waals surface area contributed by atoms with Crippen LogP contribution in [-0.2, 0) is 0 Å². The van der Waals surface area contributed by atoms with Crippen molar-refractivity contribution in [2.45, 2.75) is 5.38 Å². The molecule has 0 saturated heterocycles. The molecule has 0 heterocycles. The van der Waals surface area contributed by atoms with Crippen molar-refractivity contribution >= 4 is 34.8 Å². The quantitative estimate of drug-likeness (QED) is 0.633. The zero-order chi connectivity index (χ0) is 13.3. The molecule has 2 aromatic carbocycles. The standard InChI is InChI=1S/C13H7Cl3F2/c14-10-4-1-7(5-11(10)15)13(16)9-3-2-8(17)6-12(9)18/h1-6,13H. The molecule has 0 saturated carbocycles. The molecule has 5 heteroatoms. The van der Waals surface area contributed by atoms with Gasteiger partial charge in [0.15, 0.2) is 0 Å². The molecular formula is C13H7Cl3F2. The van der Waals surface area contributed by atoms with E-state index in [2.05, 4.69) is 0 Å². The second kappa shape index (κ2) is 5.43. The van der Waals surface area contributed by atoms with Gasteiger partial charge in [0.25, 0.3) is 0 Å². The molecule has 1 unspecified atom stereocenters.